The molecule has 0 spiro atoms. The summed E-state index contributed by atoms with van der Waals surface area (Å²) in [7, 11) is 0. The minimum Gasteiger partial charge on any atom is -0.396 e. The zero-order chi connectivity index (χ0) is 10.2. The second kappa shape index (κ2) is 6.61. The van der Waals surface area contributed by atoms with Gasteiger partial charge in [0.05, 0.1) is 0 Å². The summed E-state index contributed by atoms with van der Waals surface area (Å²) >= 11 is 0. The van der Waals surface area contributed by atoms with Crippen molar-refractivity contribution in [3.8, 4) is 0 Å². The summed E-state index contributed by atoms with van der Waals surface area (Å²) in [6.45, 7) is 2.48. The maximum absolute atomic E-state index is 9.28. The van der Waals surface area contributed by atoms with Gasteiger partial charge in [-0.25, -0.2) is 0 Å². The summed E-state index contributed by atoms with van der Waals surface area (Å²) in [5.74, 6) is 0.336. The fraction of sp³-hybridized carbons (Fsp3) is 0.538. The predicted octanol–water partition coefficient (Wildman–Crippen LogP) is 3.34. The standard InChI is InChI=1S/C13H20O/c1-2-3-5-10-13(11-14)12-8-6-4-7-9-12/h4,6-9,13-14H,2-3,5,10-11H2,1H3/t13-/m1/s1. The Morgan fingerprint density at radius 3 is 2.43 bits per heavy atom. The van der Waals surface area contributed by atoms with Crippen LogP contribution in [0.3, 0.4) is 0 Å². The molecule has 0 radical (unpaired) electrons. The van der Waals surface area contributed by atoms with Crippen LogP contribution in [0.25, 0.3) is 0 Å². The maximum atomic E-state index is 9.28. The van der Waals surface area contributed by atoms with Gasteiger partial charge in [-0.05, 0) is 12.0 Å². The van der Waals surface area contributed by atoms with E-state index in [-0.39, 0.29) is 6.61 Å². The van der Waals surface area contributed by atoms with Crippen LogP contribution < -0.4 is 0 Å². The van der Waals surface area contributed by atoms with Crippen LogP contribution in [0.1, 0.15) is 44.1 Å². The van der Waals surface area contributed by atoms with Gasteiger partial charge >= 0.3 is 0 Å². The van der Waals surface area contributed by atoms with Gasteiger partial charge in [-0.3, -0.25) is 0 Å². The van der Waals surface area contributed by atoms with Gasteiger partial charge in [0.2, 0.25) is 0 Å². The molecule has 0 saturated heterocycles. The average molecular weight is 192 g/mol. The van der Waals surface area contributed by atoms with E-state index in [1.807, 2.05) is 18.2 Å². The maximum Gasteiger partial charge on any atom is 0.0499 e. The van der Waals surface area contributed by atoms with Crippen molar-refractivity contribution in [3.05, 3.63) is 35.9 Å². The molecule has 0 fully saturated rings. The number of hydrogen-bond donors (Lipinski definition) is 1. The van der Waals surface area contributed by atoms with Crippen LogP contribution in [0.2, 0.25) is 0 Å². The lowest BCUT2D eigenvalue weighted by Crippen LogP contribution is -2.03. The molecule has 0 aliphatic heterocycles. The van der Waals surface area contributed by atoms with Crippen molar-refractivity contribution in [3.63, 3.8) is 0 Å². The highest BCUT2D eigenvalue weighted by Crippen LogP contribution is 2.21. The molecule has 1 rings (SSSR count). The number of unbranched alkanes of at least 4 members (excludes halogenated alkanes) is 2. The first kappa shape index (κ1) is 11.3. The number of rotatable bonds is 6. The number of benzene rings is 1. The Morgan fingerprint density at radius 1 is 1.14 bits per heavy atom. The molecular formula is C13H20O. The zero-order valence-electron chi connectivity index (χ0n) is 8.95. The third-order valence-corrected chi connectivity index (χ3v) is 2.65. The van der Waals surface area contributed by atoms with Gasteiger partial charge in [0, 0.05) is 12.5 Å². The summed E-state index contributed by atoms with van der Waals surface area (Å²) in [6, 6.07) is 10.3. The summed E-state index contributed by atoms with van der Waals surface area (Å²) in [4.78, 5) is 0. The molecule has 0 amide bonds. The van der Waals surface area contributed by atoms with Crippen molar-refractivity contribution < 1.29 is 5.11 Å². The van der Waals surface area contributed by atoms with Gasteiger partial charge in [-0.15, -0.1) is 0 Å². The van der Waals surface area contributed by atoms with E-state index in [0.717, 1.165) is 6.42 Å². The van der Waals surface area contributed by atoms with E-state index in [2.05, 4.69) is 19.1 Å². The number of aliphatic hydroxyl groups excluding tert-OH is 1. The fourth-order valence-corrected chi connectivity index (χ4v) is 1.73. The van der Waals surface area contributed by atoms with Gasteiger partial charge in [0.15, 0.2) is 0 Å². The van der Waals surface area contributed by atoms with Crippen molar-refractivity contribution in [1.29, 1.82) is 0 Å². The first-order valence-electron chi connectivity index (χ1n) is 5.54. The molecule has 1 N–H and O–H groups in total. The highest BCUT2D eigenvalue weighted by Gasteiger charge is 2.08. The Hall–Kier alpha value is -0.820. The van der Waals surface area contributed by atoms with E-state index >= 15 is 0 Å². The van der Waals surface area contributed by atoms with E-state index in [1.165, 1.54) is 24.8 Å². The molecule has 0 saturated carbocycles. The van der Waals surface area contributed by atoms with Crippen LogP contribution in [0, 0.1) is 0 Å². The van der Waals surface area contributed by atoms with Crippen LogP contribution in [-0.4, -0.2) is 11.7 Å². The Bertz CT molecular complexity index is 230. The number of aliphatic hydroxyl groups is 1. The molecule has 1 aromatic rings. The van der Waals surface area contributed by atoms with Crippen molar-refractivity contribution in [2.75, 3.05) is 6.61 Å². The SMILES string of the molecule is CCCCC[C@H](CO)c1ccccc1. The summed E-state index contributed by atoms with van der Waals surface area (Å²) < 4.78 is 0. The molecule has 0 aromatic heterocycles. The van der Waals surface area contributed by atoms with Crippen molar-refractivity contribution in [1.82, 2.24) is 0 Å². The quantitative estimate of drug-likeness (QED) is 0.685. The normalized spacial score (nSPS) is 12.7. The molecule has 0 aliphatic rings. The van der Waals surface area contributed by atoms with Gasteiger partial charge in [0.25, 0.3) is 0 Å². The van der Waals surface area contributed by atoms with E-state index in [4.69, 9.17) is 0 Å². The molecule has 0 aliphatic carbocycles. The van der Waals surface area contributed by atoms with Crippen LogP contribution in [0.5, 0.6) is 0 Å². The minimum absolute atomic E-state index is 0.272. The van der Waals surface area contributed by atoms with E-state index in [9.17, 15) is 5.11 Å². The van der Waals surface area contributed by atoms with Gasteiger partial charge in [-0.2, -0.15) is 0 Å². The first-order chi connectivity index (χ1) is 6.88. The Balaban J connectivity index is 2.46. The highest BCUT2D eigenvalue weighted by molar-refractivity contribution is 5.19. The van der Waals surface area contributed by atoms with Crippen LogP contribution in [0.15, 0.2) is 30.3 Å². The lowest BCUT2D eigenvalue weighted by Gasteiger charge is -2.13. The third-order valence-electron chi connectivity index (χ3n) is 2.65. The Labute approximate surface area is 86.8 Å². The van der Waals surface area contributed by atoms with E-state index < -0.39 is 0 Å². The average Bonchev–Trinajstić information content (AvgIpc) is 2.26. The van der Waals surface area contributed by atoms with Crippen molar-refractivity contribution in [2.24, 2.45) is 0 Å². The summed E-state index contributed by atoms with van der Waals surface area (Å²) in [5.41, 5.74) is 1.27. The lowest BCUT2D eigenvalue weighted by atomic mass is 9.94. The van der Waals surface area contributed by atoms with Gasteiger partial charge in [-0.1, -0.05) is 56.5 Å². The van der Waals surface area contributed by atoms with Gasteiger partial charge in [0.1, 0.15) is 0 Å². The van der Waals surface area contributed by atoms with Gasteiger partial charge < -0.3 is 5.11 Å². The largest absolute Gasteiger partial charge is 0.396 e. The molecule has 1 nitrogen and oxygen atoms in total. The topological polar surface area (TPSA) is 20.2 Å². The second-order valence-corrected chi connectivity index (χ2v) is 3.79. The molecule has 1 aromatic carbocycles. The Kier molecular flexibility index (Phi) is 5.31. The predicted molar refractivity (Wildman–Crippen MR) is 60.4 cm³/mol. The fourth-order valence-electron chi connectivity index (χ4n) is 1.73. The molecule has 0 bridgehead atoms. The van der Waals surface area contributed by atoms with Crippen molar-refractivity contribution >= 4 is 0 Å². The highest BCUT2D eigenvalue weighted by atomic mass is 16.3. The first-order valence-corrected chi connectivity index (χ1v) is 5.54. The molecule has 0 unspecified atom stereocenters. The molecule has 14 heavy (non-hydrogen) atoms. The second-order valence-electron chi connectivity index (χ2n) is 3.79. The molecule has 78 valence electrons. The molecule has 0 heterocycles. The Morgan fingerprint density at radius 2 is 1.86 bits per heavy atom. The van der Waals surface area contributed by atoms with Crippen LogP contribution in [0.4, 0.5) is 0 Å². The molecule has 1 heteroatoms. The minimum atomic E-state index is 0.272. The molecular weight excluding hydrogens is 172 g/mol. The summed E-state index contributed by atoms with van der Waals surface area (Å²) in [6.07, 6.45) is 4.83. The van der Waals surface area contributed by atoms with Crippen LogP contribution >= 0.6 is 0 Å². The smallest absolute Gasteiger partial charge is 0.0499 e. The summed E-state index contributed by atoms with van der Waals surface area (Å²) in [5, 5.41) is 9.28. The monoisotopic (exact) mass is 192 g/mol. The third kappa shape index (κ3) is 3.51. The lowest BCUT2D eigenvalue weighted by molar-refractivity contribution is 0.256. The van der Waals surface area contributed by atoms with Crippen LogP contribution in [-0.2, 0) is 0 Å². The van der Waals surface area contributed by atoms with Crippen molar-refractivity contribution in [2.45, 2.75) is 38.5 Å². The molecule has 1 atom stereocenters. The zero-order valence-corrected chi connectivity index (χ0v) is 8.95. The number of hydrogen-bond acceptors (Lipinski definition) is 1. The van der Waals surface area contributed by atoms with E-state index in [0.29, 0.717) is 5.92 Å². The van der Waals surface area contributed by atoms with E-state index in [1.54, 1.807) is 0 Å².